The van der Waals surface area contributed by atoms with Gasteiger partial charge in [0.15, 0.2) is 16.7 Å². The highest BCUT2D eigenvalue weighted by atomic mass is 32.2. The van der Waals surface area contributed by atoms with E-state index in [0.29, 0.717) is 37.1 Å². The van der Waals surface area contributed by atoms with Crippen molar-refractivity contribution in [1.29, 1.82) is 0 Å². The molecule has 0 heterocycles. The third kappa shape index (κ3) is 48.0. The van der Waals surface area contributed by atoms with E-state index in [-0.39, 0.29) is 64.0 Å². The van der Waals surface area contributed by atoms with Gasteiger partial charge in [-0.2, -0.15) is 36.2 Å². The van der Waals surface area contributed by atoms with Gasteiger partial charge in [-0.05, 0) is 69.2 Å². The van der Waals surface area contributed by atoms with Crippen LogP contribution in [-0.4, -0.2) is 112 Å². The highest BCUT2D eigenvalue weighted by Gasteiger charge is 2.21. The molecular formula is C31H60N4O11S3. The number of nitrogens with one attached hydrogen (secondary N) is 3. The van der Waals surface area contributed by atoms with Crippen molar-refractivity contribution in [2.45, 2.75) is 114 Å². The number of hydrogen-bond acceptors (Lipinski definition) is 16. The molecule has 0 radical (unpaired) electrons. The van der Waals surface area contributed by atoms with Crippen LogP contribution >= 0.6 is 37.0 Å². The van der Waals surface area contributed by atoms with Crippen molar-refractivity contribution in [3.8, 4) is 0 Å². The molecule has 0 spiro atoms. The lowest BCUT2D eigenvalue weighted by Gasteiger charge is -2.24. The van der Waals surface area contributed by atoms with Gasteiger partial charge in [-0.15, -0.1) is 0 Å². The van der Waals surface area contributed by atoms with Crippen LogP contribution in [0, 0.1) is 0 Å². The quantitative estimate of drug-likeness (QED) is 0.0775. The van der Waals surface area contributed by atoms with Crippen molar-refractivity contribution < 1.29 is 52.9 Å². The first-order valence-electron chi connectivity index (χ1n) is 15.3. The Balaban J connectivity index is -0.000000171. The van der Waals surface area contributed by atoms with Crippen LogP contribution in [0.25, 0.3) is 0 Å². The molecule has 0 fully saturated rings. The van der Waals surface area contributed by atoms with Crippen LogP contribution < -0.4 is 16.3 Å². The largest absolute Gasteiger partial charge is 0.347 e. The number of carbonyl (C=O) groups excluding carboxylic acids is 8. The van der Waals surface area contributed by atoms with Crippen LogP contribution in [0.15, 0.2) is 0 Å². The molecule has 0 aromatic carbocycles. The summed E-state index contributed by atoms with van der Waals surface area (Å²) in [7, 11) is 0. The van der Waals surface area contributed by atoms with E-state index in [0.717, 1.165) is 5.06 Å². The number of ketones is 5. The zero-order valence-corrected chi connectivity index (χ0v) is 33.9. The average Bonchev–Trinajstić information content (AvgIpc) is 2.96. The van der Waals surface area contributed by atoms with Gasteiger partial charge in [0.2, 0.25) is 11.8 Å². The second kappa shape index (κ2) is 37.1. The normalized spacial score (nSPS) is 12.1. The molecule has 2 amide bonds. The van der Waals surface area contributed by atoms with E-state index in [1.807, 2.05) is 0 Å². The van der Waals surface area contributed by atoms with E-state index in [4.69, 9.17) is 14.5 Å². The summed E-state index contributed by atoms with van der Waals surface area (Å²) in [5, 5.41) is 3.61. The number of amides is 2. The minimum absolute atomic E-state index is 0.0230. The molecule has 288 valence electrons. The third-order valence-electron chi connectivity index (χ3n) is 5.03. The van der Waals surface area contributed by atoms with E-state index in [9.17, 15) is 38.4 Å². The van der Waals surface area contributed by atoms with Gasteiger partial charge in [0, 0.05) is 38.0 Å². The molecule has 0 bridgehead atoms. The molecule has 0 saturated heterocycles. The maximum Gasteiger partial charge on any atom is 0.243 e. The summed E-state index contributed by atoms with van der Waals surface area (Å²) in [5.41, 5.74) is 5.17. The van der Waals surface area contributed by atoms with Gasteiger partial charge in [0.05, 0.1) is 37.9 Å². The molecule has 0 unspecified atom stereocenters. The van der Waals surface area contributed by atoms with Crippen molar-refractivity contribution in [2.24, 2.45) is 0 Å². The predicted molar refractivity (Wildman–Crippen MR) is 198 cm³/mol. The summed E-state index contributed by atoms with van der Waals surface area (Å²) in [6, 6.07) is -1.39. The first-order chi connectivity index (χ1) is 22.5. The zero-order chi connectivity index (χ0) is 39.7. The summed E-state index contributed by atoms with van der Waals surface area (Å²) >= 11 is 9.06. The SMILES string of the molecule is CC(=O)N[C@@H](C)C(C)=O.CC(=O)SCCON[C@H](C)C(C)=O.CC(=O)[C@@H](C)N(OCCS)C(C)=O.CC(=O)[C@@H](C)NOCCS.CC(C)=O. The van der Waals surface area contributed by atoms with E-state index in [2.05, 4.69) is 41.5 Å². The second-order valence-electron chi connectivity index (χ2n) is 10.3. The smallest absolute Gasteiger partial charge is 0.243 e. The summed E-state index contributed by atoms with van der Waals surface area (Å²) in [5.74, 6) is 1.46. The van der Waals surface area contributed by atoms with E-state index < -0.39 is 6.04 Å². The van der Waals surface area contributed by atoms with Gasteiger partial charge in [0.25, 0.3) is 0 Å². The number of thioether (sulfide) groups is 1. The lowest BCUT2D eigenvalue weighted by molar-refractivity contribution is -0.194. The van der Waals surface area contributed by atoms with Crippen molar-refractivity contribution >= 4 is 82.9 Å². The first kappa shape index (κ1) is 56.2. The number of hydrogen-bond donors (Lipinski definition) is 5. The minimum Gasteiger partial charge on any atom is -0.347 e. The standard InChI is InChI=1S/2C8H15NO3S.C6H13NO2S.C6H11NO2.C3H6O/c1-6(7(2)10)9-12-4-5-13-8(3)11;1-6(7(2)10)9(8(3)11)12-4-5-13;1-5(6(2)8)7-9-3-4-10;1-4(5(2)8)7-6(3)9;1-3(2)4/h6,9H,4-5H2,1-3H3;6,13H,4-5H2,1-3H3;5,7,10H,3-4H2,1-2H3;4H,1-3H3,(H,7,9);1-2H3/t2*6-;5-;4-;/m1110./s1. The number of thiol groups is 2. The second-order valence-corrected chi connectivity index (χ2v) is 12.5. The van der Waals surface area contributed by atoms with Crippen molar-refractivity contribution in [3.05, 3.63) is 0 Å². The number of Topliss-reactive ketones (excluding diaryl/α,β-unsaturated/α-hetero) is 5. The Hall–Kier alpha value is -2.19. The van der Waals surface area contributed by atoms with Crippen molar-refractivity contribution in [2.75, 3.05) is 37.1 Å². The Kier molecular flexibility index (Phi) is 42.5. The topological polar surface area (TPSA) is 204 Å². The van der Waals surface area contributed by atoms with Gasteiger partial charge < -0.3 is 19.8 Å². The summed E-state index contributed by atoms with van der Waals surface area (Å²) in [4.78, 5) is 98.8. The molecule has 49 heavy (non-hydrogen) atoms. The monoisotopic (exact) mass is 760 g/mol. The Bertz CT molecular complexity index is 984. The molecule has 4 atom stereocenters. The molecule has 0 aromatic rings. The fraction of sp³-hybridized carbons (Fsp3) is 0.742. The van der Waals surface area contributed by atoms with Crippen LogP contribution in [0.5, 0.6) is 0 Å². The lowest BCUT2D eigenvalue weighted by Crippen LogP contribution is -2.41. The summed E-state index contributed by atoms with van der Waals surface area (Å²) < 4.78 is 0. The van der Waals surface area contributed by atoms with Gasteiger partial charge >= 0.3 is 0 Å². The van der Waals surface area contributed by atoms with Gasteiger partial charge in [-0.3, -0.25) is 38.4 Å². The Morgan fingerprint density at radius 1 is 0.612 bits per heavy atom. The molecule has 0 aliphatic heterocycles. The maximum atomic E-state index is 11.0. The average molecular weight is 761 g/mol. The van der Waals surface area contributed by atoms with E-state index in [1.165, 1.54) is 74.1 Å². The van der Waals surface area contributed by atoms with Crippen LogP contribution in [0.3, 0.4) is 0 Å². The Labute approximate surface area is 307 Å². The van der Waals surface area contributed by atoms with Crippen LogP contribution in [0.1, 0.15) is 90.0 Å². The molecular weight excluding hydrogens is 701 g/mol. The fourth-order valence-corrected chi connectivity index (χ4v) is 2.62. The van der Waals surface area contributed by atoms with Gasteiger partial charge in [-0.1, -0.05) is 11.8 Å². The Morgan fingerprint density at radius 3 is 1.27 bits per heavy atom. The summed E-state index contributed by atoms with van der Waals surface area (Å²) in [6.45, 7) is 21.2. The predicted octanol–water partition coefficient (Wildman–Crippen LogP) is 2.55. The Morgan fingerprint density at radius 2 is 1.00 bits per heavy atom. The molecule has 15 nitrogen and oxygen atoms in total. The molecule has 3 N–H and O–H groups in total. The number of rotatable bonds is 18. The molecule has 0 aromatic heterocycles. The van der Waals surface area contributed by atoms with Crippen molar-refractivity contribution in [3.63, 3.8) is 0 Å². The fourth-order valence-electron chi connectivity index (χ4n) is 1.99. The van der Waals surface area contributed by atoms with Gasteiger partial charge in [-0.25, -0.2) is 5.06 Å². The van der Waals surface area contributed by atoms with Crippen LogP contribution in [-0.2, 0) is 52.9 Å². The zero-order valence-electron chi connectivity index (χ0n) is 31.3. The third-order valence-corrected chi connectivity index (χ3v) is 6.17. The lowest BCUT2D eigenvalue weighted by atomic mass is 10.2. The van der Waals surface area contributed by atoms with Crippen molar-refractivity contribution in [1.82, 2.24) is 21.3 Å². The molecule has 0 aliphatic rings. The van der Waals surface area contributed by atoms with Crippen LogP contribution in [0.4, 0.5) is 0 Å². The van der Waals surface area contributed by atoms with E-state index in [1.54, 1.807) is 27.7 Å². The molecule has 0 rings (SSSR count). The summed E-state index contributed by atoms with van der Waals surface area (Å²) in [6.07, 6.45) is 0. The highest BCUT2D eigenvalue weighted by molar-refractivity contribution is 8.13. The number of hydroxylamine groups is 4. The van der Waals surface area contributed by atoms with Gasteiger partial charge in [0.1, 0.15) is 23.4 Å². The first-order valence-corrected chi connectivity index (χ1v) is 17.5. The number of nitrogens with zero attached hydrogens (tertiary/aromatic N) is 1. The maximum absolute atomic E-state index is 11.0. The van der Waals surface area contributed by atoms with Crippen LogP contribution in [0.2, 0.25) is 0 Å². The number of carbonyl (C=O) groups is 8. The molecule has 18 heteroatoms. The minimum atomic E-state index is -0.530. The highest BCUT2D eigenvalue weighted by Crippen LogP contribution is 2.02. The molecule has 0 aliphatic carbocycles. The van der Waals surface area contributed by atoms with E-state index >= 15 is 0 Å². The molecule has 0 saturated carbocycles.